The Morgan fingerprint density at radius 1 is 0.920 bits per heavy atom. The van der Waals surface area contributed by atoms with Crippen LogP contribution < -0.4 is 0 Å². The van der Waals surface area contributed by atoms with E-state index in [1.807, 2.05) is 6.92 Å². The van der Waals surface area contributed by atoms with Gasteiger partial charge in [-0.05, 0) is 0 Å². The molecule has 2 aromatic carbocycles. The van der Waals surface area contributed by atoms with Gasteiger partial charge in [0.05, 0.1) is 0 Å². The van der Waals surface area contributed by atoms with E-state index in [9.17, 15) is 0 Å². The molecule has 0 spiro atoms. The normalized spacial score (nSPS) is 16.0. The van der Waals surface area contributed by atoms with Crippen molar-refractivity contribution in [3.8, 4) is 11.1 Å². The fraction of sp³-hybridized carbons (Fsp3) is 0.217. The van der Waals surface area contributed by atoms with Crippen LogP contribution in [0.15, 0.2) is 46.9 Å². The number of allylic oxidation sites excluding steroid dienone is 1. The molecule has 4 rings (SSSR count). The predicted octanol–water partition coefficient (Wildman–Crippen LogP) is 6.32. The summed E-state index contributed by atoms with van der Waals surface area (Å²) in [6.07, 6.45) is 2.36. The maximum absolute atomic E-state index is 5.94. The molecule has 0 aliphatic heterocycles. The molecule has 0 saturated heterocycles. The zero-order valence-electron chi connectivity index (χ0n) is 15.1. The SMILES string of the molecule is Cc1ccc(-c2c(C)c(C)cc3c2C=C(c2ccc(C)o2)[CH]3[Zr])cc1. The van der Waals surface area contributed by atoms with E-state index in [1.165, 1.54) is 69.2 Å². The Bertz CT molecular complexity index is 990. The third kappa shape index (κ3) is 2.81. The van der Waals surface area contributed by atoms with E-state index >= 15 is 0 Å². The fourth-order valence-electron chi connectivity index (χ4n) is 3.66. The van der Waals surface area contributed by atoms with Gasteiger partial charge in [-0.1, -0.05) is 0 Å². The Kier molecular flexibility index (Phi) is 4.20. The average Bonchev–Trinajstić information content (AvgIpc) is 3.14. The predicted molar refractivity (Wildman–Crippen MR) is 100 cm³/mol. The first kappa shape index (κ1) is 16.8. The van der Waals surface area contributed by atoms with Crippen molar-refractivity contribution in [2.24, 2.45) is 0 Å². The summed E-state index contributed by atoms with van der Waals surface area (Å²) in [6.45, 7) is 8.62. The van der Waals surface area contributed by atoms with Gasteiger partial charge in [0.15, 0.2) is 0 Å². The second kappa shape index (κ2) is 6.25. The van der Waals surface area contributed by atoms with Gasteiger partial charge in [-0.15, -0.1) is 0 Å². The van der Waals surface area contributed by atoms with Crippen molar-refractivity contribution in [1.29, 1.82) is 0 Å². The molecule has 0 radical (unpaired) electrons. The Labute approximate surface area is 164 Å². The topological polar surface area (TPSA) is 13.1 Å². The molecule has 25 heavy (non-hydrogen) atoms. The zero-order chi connectivity index (χ0) is 17.7. The molecule has 1 aliphatic rings. The molecular weight excluding hydrogens is 383 g/mol. The Balaban J connectivity index is 1.94. The van der Waals surface area contributed by atoms with Crippen LogP contribution in [0.2, 0.25) is 0 Å². The summed E-state index contributed by atoms with van der Waals surface area (Å²) >= 11 is 1.50. The molecule has 1 nitrogen and oxygen atoms in total. The van der Waals surface area contributed by atoms with Gasteiger partial charge in [-0.25, -0.2) is 0 Å². The molecule has 1 unspecified atom stereocenters. The standard InChI is InChI=1S/C23H21O.Zr/c1-14-5-8-18(9-6-14)23-17(4)15(2)11-19-12-20(13-21(19)23)22-10-7-16(3)24-22;/h5-13H,1-4H3;. The van der Waals surface area contributed by atoms with Crippen molar-refractivity contribution in [2.75, 3.05) is 0 Å². The maximum atomic E-state index is 5.94. The van der Waals surface area contributed by atoms with Crippen molar-refractivity contribution in [3.05, 3.63) is 81.8 Å². The summed E-state index contributed by atoms with van der Waals surface area (Å²) in [5.74, 6) is 1.99. The van der Waals surface area contributed by atoms with Gasteiger partial charge in [-0.2, -0.15) is 0 Å². The molecule has 0 bridgehead atoms. The number of fused-ring (bicyclic) bond motifs is 1. The third-order valence-corrected chi connectivity index (χ3v) is 6.73. The summed E-state index contributed by atoms with van der Waals surface area (Å²) in [7, 11) is 0. The van der Waals surface area contributed by atoms with E-state index in [1.54, 1.807) is 0 Å². The number of hydrogen-bond donors (Lipinski definition) is 0. The molecule has 0 N–H and O–H groups in total. The summed E-state index contributed by atoms with van der Waals surface area (Å²) in [5, 5.41) is 0. The molecular formula is C23H21OZr. The molecule has 123 valence electrons. The van der Waals surface area contributed by atoms with E-state index in [4.69, 9.17) is 4.42 Å². The summed E-state index contributed by atoms with van der Waals surface area (Å²) in [5.41, 5.74) is 10.9. The Morgan fingerprint density at radius 3 is 2.28 bits per heavy atom. The molecule has 0 saturated carbocycles. The van der Waals surface area contributed by atoms with Crippen LogP contribution in [0, 0.1) is 27.7 Å². The van der Waals surface area contributed by atoms with Gasteiger partial charge >= 0.3 is 165 Å². The van der Waals surface area contributed by atoms with Crippen molar-refractivity contribution in [3.63, 3.8) is 0 Å². The Morgan fingerprint density at radius 2 is 1.64 bits per heavy atom. The van der Waals surface area contributed by atoms with Gasteiger partial charge in [0.2, 0.25) is 0 Å². The van der Waals surface area contributed by atoms with Crippen LogP contribution in [0.25, 0.3) is 22.8 Å². The molecule has 1 aromatic heterocycles. The average molecular weight is 405 g/mol. The molecule has 2 heteroatoms. The van der Waals surface area contributed by atoms with E-state index in [0.717, 1.165) is 11.5 Å². The van der Waals surface area contributed by atoms with Gasteiger partial charge in [-0.3, -0.25) is 0 Å². The summed E-state index contributed by atoms with van der Waals surface area (Å²) in [6, 6.07) is 15.4. The van der Waals surface area contributed by atoms with Crippen LogP contribution in [0.5, 0.6) is 0 Å². The first-order valence-corrected chi connectivity index (χ1v) is 10.1. The zero-order valence-corrected chi connectivity index (χ0v) is 17.6. The van der Waals surface area contributed by atoms with Gasteiger partial charge in [0.1, 0.15) is 0 Å². The molecule has 0 fully saturated rings. The second-order valence-corrected chi connectivity index (χ2v) is 8.42. The fourth-order valence-corrected chi connectivity index (χ4v) is 4.80. The van der Waals surface area contributed by atoms with Crippen molar-refractivity contribution in [1.82, 2.24) is 0 Å². The van der Waals surface area contributed by atoms with Crippen molar-refractivity contribution < 1.29 is 29.1 Å². The first-order chi connectivity index (χ1) is 12.0. The molecule has 0 amide bonds. The molecule has 1 atom stereocenters. The van der Waals surface area contributed by atoms with Crippen LogP contribution in [-0.4, -0.2) is 0 Å². The van der Waals surface area contributed by atoms with E-state index in [0.29, 0.717) is 3.63 Å². The minimum atomic E-state index is 0.441. The van der Waals surface area contributed by atoms with Crippen LogP contribution in [0.4, 0.5) is 0 Å². The molecule has 1 heterocycles. The van der Waals surface area contributed by atoms with Gasteiger partial charge < -0.3 is 0 Å². The molecule has 1 aliphatic carbocycles. The number of benzene rings is 2. The van der Waals surface area contributed by atoms with Gasteiger partial charge in [0.25, 0.3) is 0 Å². The molecule has 3 aromatic rings. The monoisotopic (exact) mass is 403 g/mol. The summed E-state index contributed by atoms with van der Waals surface area (Å²) in [4.78, 5) is 0. The van der Waals surface area contributed by atoms with E-state index in [-0.39, 0.29) is 0 Å². The van der Waals surface area contributed by atoms with Crippen LogP contribution in [-0.2, 0) is 24.7 Å². The van der Waals surface area contributed by atoms with E-state index < -0.39 is 0 Å². The third-order valence-electron chi connectivity index (χ3n) is 5.21. The van der Waals surface area contributed by atoms with Crippen molar-refractivity contribution >= 4 is 11.6 Å². The van der Waals surface area contributed by atoms with Crippen LogP contribution >= 0.6 is 0 Å². The second-order valence-electron chi connectivity index (χ2n) is 7.01. The number of rotatable bonds is 2. The quantitative estimate of drug-likeness (QED) is 0.487. The Hall–Kier alpha value is -1.66. The van der Waals surface area contributed by atoms with Crippen LogP contribution in [0.1, 0.15) is 43.0 Å². The number of furan rings is 1. The summed E-state index contributed by atoms with van der Waals surface area (Å²) < 4.78 is 6.38. The minimum absolute atomic E-state index is 0.441. The van der Waals surface area contributed by atoms with E-state index in [2.05, 4.69) is 69.3 Å². The number of hydrogen-bond acceptors (Lipinski definition) is 1. The number of aryl methyl sites for hydroxylation is 3. The van der Waals surface area contributed by atoms with Gasteiger partial charge in [0, 0.05) is 0 Å². The van der Waals surface area contributed by atoms with Crippen LogP contribution in [0.3, 0.4) is 0 Å². The first-order valence-electron chi connectivity index (χ1n) is 8.66. The van der Waals surface area contributed by atoms with Crippen molar-refractivity contribution in [2.45, 2.75) is 31.3 Å².